The molecule has 0 spiro atoms. The Morgan fingerprint density at radius 1 is 1.17 bits per heavy atom. The molecule has 2 aromatic rings. The quantitative estimate of drug-likeness (QED) is 0.804. The van der Waals surface area contributed by atoms with Crippen LogP contribution in [0.3, 0.4) is 0 Å². The third kappa shape index (κ3) is 2.62. The molecule has 0 aliphatic heterocycles. The van der Waals surface area contributed by atoms with Crippen LogP contribution in [0.5, 0.6) is 0 Å². The molecule has 1 unspecified atom stereocenters. The van der Waals surface area contributed by atoms with Gasteiger partial charge in [-0.15, -0.1) is 0 Å². The fourth-order valence-electron chi connectivity index (χ4n) is 2.04. The Balaban J connectivity index is 2.24. The van der Waals surface area contributed by atoms with Crippen molar-refractivity contribution in [2.45, 2.75) is 19.9 Å². The summed E-state index contributed by atoms with van der Waals surface area (Å²) in [7, 11) is 0. The van der Waals surface area contributed by atoms with Crippen molar-refractivity contribution in [1.29, 1.82) is 0 Å². The standard InChI is InChI=1S/C15H17FN2/c1-10-5-3-4-6-13(10)11(2)18-15-9-12(16)7-8-14(15)17/h3-9,11,18H,17H2,1-2H3. The molecular formula is C15H17FN2. The zero-order valence-electron chi connectivity index (χ0n) is 10.6. The Morgan fingerprint density at radius 2 is 1.89 bits per heavy atom. The highest BCUT2D eigenvalue weighted by molar-refractivity contribution is 5.66. The van der Waals surface area contributed by atoms with Crippen molar-refractivity contribution in [2.24, 2.45) is 0 Å². The van der Waals surface area contributed by atoms with Crippen LogP contribution in [0.25, 0.3) is 0 Å². The van der Waals surface area contributed by atoms with Gasteiger partial charge in [-0.05, 0) is 43.2 Å². The van der Waals surface area contributed by atoms with Crippen LogP contribution in [-0.4, -0.2) is 0 Å². The smallest absolute Gasteiger partial charge is 0.125 e. The molecule has 2 rings (SSSR count). The minimum Gasteiger partial charge on any atom is -0.397 e. The number of benzene rings is 2. The van der Waals surface area contributed by atoms with Gasteiger partial charge in [0.15, 0.2) is 0 Å². The molecule has 0 aliphatic carbocycles. The first-order valence-corrected chi connectivity index (χ1v) is 5.95. The number of anilines is 2. The summed E-state index contributed by atoms with van der Waals surface area (Å²) in [6.07, 6.45) is 0. The SMILES string of the molecule is Cc1ccccc1C(C)Nc1cc(F)ccc1N. The molecule has 3 heteroatoms. The van der Waals surface area contributed by atoms with Crippen LogP contribution < -0.4 is 11.1 Å². The Labute approximate surface area is 107 Å². The van der Waals surface area contributed by atoms with E-state index in [0.717, 1.165) is 0 Å². The Morgan fingerprint density at radius 3 is 2.61 bits per heavy atom. The molecule has 0 radical (unpaired) electrons. The molecular weight excluding hydrogens is 227 g/mol. The van der Waals surface area contributed by atoms with Gasteiger partial charge < -0.3 is 11.1 Å². The van der Waals surface area contributed by atoms with Gasteiger partial charge in [-0.3, -0.25) is 0 Å². The van der Waals surface area contributed by atoms with Crippen LogP contribution in [0.15, 0.2) is 42.5 Å². The molecule has 2 aromatic carbocycles. The minimum absolute atomic E-state index is 0.0790. The monoisotopic (exact) mass is 244 g/mol. The zero-order chi connectivity index (χ0) is 13.1. The van der Waals surface area contributed by atoms with Gasteiger partial charge in [-0.25, -0.2) is 4.39 Å². The second kappa shape index (κ2) is 5.08. The van der Waals surface area contributed by atoms with E-state index in [9.17, 15) is 4.39 Å². The highest BCUT2D eigenvalue weighted by atomic mass is 19.1. The van der Waals surface area contributed by atoms with Gasteiger partial charge in [0, 0.05) is 6.04 Å². The maximum absolute atomic E-state index is 13.2. The number of nitrogens with one attached hydrogen (secondary N) is 1. The van der Waals surface area contributed by atoms with Crippen molar-refractivity contribution in [1.82, 2.24) is 0 Å². The summed E-state index contributed by atoms with van der Waals surface area (Å²) in [5.74, 6) is -0.288. The molecule has 0 fully saturated rings. The second-order valence-corrected chi connectivity index (χ2v) is 4.45. The highest BCUT2D eigenvalue weighted by Crippen LogP contribution is 2.26. The van der Waals surface area contributed by atoms with Crippen molar-refractivity contribution in [3.05, 3.63) is 59.4 Å². The normalized spacial score (nSPS) is 12.2. The number of hydrogen-bond donors (Lipinski definition) is 2. The number of nitrogens with two attached hydrogens (primary N) is 1. The van der Waals surface area contributed by atoms with E-state index < -0.39 is 0 Å². The van der Waals surface area contributed by atoms with Crippen LogP contribution in [-0.2, 0) is 0 Å². The number of rotatable bonds is 3. The van der Waals surface area contributed by atoms with Gasteiger partial charge in [-0.1, -0.05) is 24.3 Å². The van der Waals surface area contributed by atoms with Crippen LogP contribution >= 0.6 is 0 Å². The van der Waals surface area contributed by atoms with E-state index in [1.807, 2.05) is 19.1 Å². The summed E-state index contributed by atoms with van der Waals surface area (Å²) in [6.45, 7) is 4.09. The second-order valence-electron chi connectivity index (χ2n) is 4.45. The summed E-state index contributed by atoms with van der Waals surface area (Å²) in [5, 5.41) is 3.24. The lowest BCUT2D eigenvalue weighted by Gasteiger charge is -2.19. The van der Waals surface area contributed by atoms with E-state index in [4.69, 9.17) is 5.73 Å². The molecule has 0 amide bonds. The Kier molecular flexibility index (Phi) is 3.51. The topological polar surface area (TPSA) is 38.0 Å². The van der Waals surface area contributed by atoms with Gasteiger partial charge in [0.25, 0.3) is 0 Å². The third-order valence-corrected chi connectivity index (χ3v) is 3.04. The largest absolute Gasteiger partial charge is 0.397 e. The number of halogens is 1. The van der Waals surface area contributed by atoms with Crippen LogP contribution in [0.4, 0.5) is 15.8 Å². The first kappa shape index (κ1) is 12.4. The van der Waals surface area contributed by atoms with Crippen molar-refractivity contribution < 1.29 is 4.39 Å². The molecule has 18 heavy (non-hydrogen) atoms. The van der Waals surface area contributed by atoms with Gasteiger partial charge in [-0.2, -0.15) is 0 Å². The van der Waals surface area contributed by atoms with Gasteiger partial charge >= 0.3 is 0 Å². The van der Waals surface area contributed by atoms with E-state index >= 15 is 0 Å². The zero-order valence-corrected chi connectivity index (χ0v) is 10.6. The predicted molar refractivity (Wildman–Crippen MR) is 74.0 cm³/mol. The summed E-state index contributed by atoms with van der Waals surface area (Å²) >= 11 is 0. The van der Waals surface area contributed by atoms with Crippen molar-refractivity contribution in [3.8, 4) is 0 Å². The number of aryl methyl sites for hydroxylation is 1. The van der Waals surface area contributed by atoms with E-state index in [1.165, 1.54) is 23.3 Å². The first-order valence-electron chi connectivity index (χ1n) is 5.95. The molecule has 1 atom stereocenters. The van der Waals surface area contributed by atoms with E-state index in [0.29, 0.717) is 11.4 Å². The maximum atomic E-state index is 13.2. The lowest BCUT2D eigenvalue weighted by molar-refractivity contribution is 0.628. The van der Waals surface area contributed by atoms with Crippen molar-refractivity contribution in [2.75, 3.05) is 11.1 Å². The van der Waals surface area contributed by atoms with Crippen LogP contribution in [0.2, 0.25) is 0 Å². The summed E-state index contributed by atoms with van der Waals surface area (Å²) < 4.78 is 13.2. The molecule has 0 bridgehead atoms. The molecule has 0 saturated carbocycles. The molecule has 0 aromatic heterocycles. The molecule has 0 heterocycles. The Hall–Kier alpha value is -2.03. The summed E-state index contributed by atoms with van der Waals surface area (Å²) in [4.78, 5) is 0. The minimum atomic E-state index is -0.288. The molecule has 0 aliphatic rings. The average Bonchev–Trinajstić information content (AvgIpc) is 2.34. The maximum Gasteiger partial charge on any atom is 0.125 e. The number of hydrogen-bond acceptors (Lipinski definition) is 2. The van der Waals surface area contributed by atoms with E-state index in [-0.39, 0.29) is 11.9 Å². The summed E-state index contributed by atoms with van der Waals surface area (Å²) in [5.41, 5.74) is 9.39. The third-order valence-electron chi connectivity index (χ3n) is 3.04. The van der Waals surface area contributed by atoms with Crippen molar-refractivity contribution >= 4 is 11.4 Å². The fourth-order valence-corrected chi connectivity index (χ4v) is 2.04. The van der Waals surface area contributed by atoms with Crippen molar-refractivity contribution in [3.63, 3.8) is 0 Å². The van der Waals surface area contributed by atoms with E-state index in [1.54, 1.807) is 6.07 Å². The molecule has 0 saturated heterocycles. The lowest BCUT2D eigenvalue weighted by atomic mass is 10.0. The van der Waals surface area contributed by atoms with Crippen LogP contribution in [0.1, 0.15) is 24.1 Å². The Bertz CT molecular complexity index is 552. The number of nitrogen functional groups attached to an aromatic ring is 1. The van der Waals surface area contributed by atoms with Gasteiger partial charge in [0.05, 0.1) is 11.4 Å². The first-order chi connectivity index (χ1) is 8.58. The molecule has 3 N–H and O–H groups in total. The summed E-state index contributed by atoms with van der Waals surface area (Å²) in [6, 6.07) is 12.5. The highest BCUT2D eigenvalue weighted by Gasteiger charge is 2.09. The predicted octanol–water partition coefficient (Wildman–Crippen LogP) is 3.89. The van der Waals surface area contributed by atoms with Gasteiger partial charge in [0.2, 0.25) is 0 Å². The fraction of sp³-hybridized carbons (Fsp3) is 0.200. The van der Waals surface area contributed by atoms with E-state index in [2.05, 4.69) is 24.4 Å². The lowest BCUT2D eigenvalue weighted by Crippen LogP contribution is -2.09. The molecule has 2 nitrogen and oxygen atoms in total. The van der Waals surface area contributed by atoms with Crippen LogP contribution in [0, 0.1) is 12.7 Å². The average molecular weight is 244 g/mol. The molecule has 94 valence electrons. The van der Waals surface area contributed by atoms with Gasteiger partial charge in [0.1, 0.15) is 5.82 Å².